The van der Waals surface area contributed by atoms with Gasteiger partial charge in [-0.1, -0.05) is 121 Å². The molecule has 0 fully saturated rings. The molecule has 0 unspecified atom stereocenters. The molecule has 68 heavy (non-hydrogen) atoms. The Balaban J connectivity index is 1.40. The predicted octanol–water partition coefficient (Wildman–Crippen LogP) is 4.82. The SMILES string of the molecule is NC(=O)[C@H](CCCCNC(=O)OCc1ccccc1)NC(=O)[C@H](Cc1ccccc1)NC(=O)[C@@H](CCCN/C(=N\C(=O)OCc1ccccc1)NC(=O)OCc1ccccc1)NC(=O)C(F)(F)F. The summed E-state index contributed by atoms with van der Waals surface area (Å²) in [5.74, 6) is -5.88. The van der Waals surface area contributed by atoms with Crippen LogP contribution in [0, 0.1) is 0 Å². The van der Waals surface area contributed by atoms with Crippen molar-refractivity contribution in [1.82, 2.24) is 31.9 Å². The number of rotatable bonds is 23. The molecule has 3 atom stereocenters. The van der Waals surface area contributed by atoms with Crippen LogP contribution in [-0.4, -0.2) is 85.3 Å². The number of guanidine groups is 1. The maximum Gasteiger partial charge on any atom is 0.471 e. The molecule has 0 saturated carbocycles. The van der Waals surface area contributed by atoms with Crippen molar-refractivity contribution >= 4 is 47.9 Å². The van der Waals surface area contributed by atoms with Crippen LogP contribution in [0.25, 0.3) is 0 Å². The number of hydrogen-bond donors (Lipinski definition) is 7. The van der Waals surface area contributed by atoms with E-state index in [1.54, 1.807) is 121 Å². The summed E-state index contributed by atoms with van der Waals surface area (Å²) >= 11 is 0. The molecule has 4 aromatic carbocycles. The second kappa shape index (κ2) is 28.2. The average Bonchev–Trinajstić information content (AvgIpc) is 3.33. The lowest BCUT2D eigenvalue weighted by atomic mass is 10.0. The number of alkyl carbamates (subject to hydrolysis) is 2. The number of nitrogens with zero attached hydrogens (tertiary/aromatic N) is 1. The molecule has 21 heteroatoms. The van der Waals surface area contributed by atoms with Gasteiger partial charge in [0, 0.05) is 19.5 Å². The highest BCUT2D eigenvalue weighted by molar-refractivity contribution is 5.99. The number of nitrogens with two attached hydrogens (primary N) is 1. The van der Waals surface area contributed by atoms with Crippen LogP contribution >= 0.6 is 0 Å². The highest BCUT2D eigenvalue weighted by Crippen LogP contribution is 2.16. The lowest BCUT2D eigenvalue weighted by Gasteiger charge is -2.25. The van der Waals surface area contributed by atoms with Crippen molar-refractivity contribution in [3.05, 3.63) is 144 Å². The molecule has 0 aliphatic heterocycles. The van der Waals surface area contributed by atoms with Crippen LogP contribution in [0.15, 0.2) is 126 Å². The number of amides is 7. The van der Waals surface area contributed by atoms with Crippen molar-refractivity contribution in [2.45, 2.75) is 82.6 Å². The van der Waals surface area contributed by atoms with E-state index in [2.05, 4.69) is 31.6 Å². The molecule has 18 nitrogen and oxygen atoms in total. The summed E-state index contributed by atoms with van der Waals surface area (Å²) in [5, 5.41) is 14.1. The first-order valence-electron chi connectivity index (χ1n) is 21.4. The molecule has 0 aromatic heterocycles. The van der Waals surface area contributed by atoms with E-state index in [0.717, 1.165) is 5.56 Å². The van der Waals surface area contributed by atoms with Crippen molar-refractivity contribution in [3.63, 3.8) is 0 Å². The van der Waals surface area contributed by atoms with Crippen molar-refractivity contribution < 1.29 is 60.9 Å². The Morgan fingerprint density at radius 2 is 0.985 bits per heavy atom. The minimum absolute atomic E-state index is 0.0285. The number of primary amides is 1. The first-order chi connectivity index (χ1) is 32.7. The summed E-state index contributed by atoms with van der Waals surface area (Å²) in [5.41, 5.74) is 8.22. The van der Waals surface area contributed by atoms with E-state index >= 15 is 0 Å². The molecule has 362 valence electrons. The van der Waals surface area contributed by atoms with Crippen molar-refractivity contribution in [2.75, 3.05) is 13.1 Å². The lowest BCUT2D eigenvalue weighted by Crippen LogP contribution is -2.58. The van der Waals surface area contributed by atoms with E-state index in [9.17, 15) is 46.7 Å². The van der Waals surface area contributed by atoms with Crippen molar-refractivity contribution in [2.24, 2.45) is 10.7 Å². The molecule has 0 aliphatic rings. The fourth-order valence-electron chi connectivity index (χ4n) is 6.16. The van der Waals surface area contributed by atoms with E-state index in [-0.39, 0.29) is 52.2 Å². The van der Waals surface area contributed by atoms with Crippen LogP contribution in [0.2, 0.25) is 0 Å². The van der Waals surface area contributed by atoms with Crippen LogP contribution < -0.4 is 37.6 Å². The highest BCUT2D eigenvalue weighted by Gasteiger charge is 2.41. The minimum Gasteiger partial charge on any atom is -0.445 e. The molecular formula is C47H53F3N8O10. The summed E-state index contributed by atoms with van der Waals surface area (Å²) in [6.07, 6.45) is -8.35. The van der Waals surface area contributed by atoms with Gasteiger partial charge >= 0.3 is 30.4 Å². The molecule has 0 radical (unpaired) electrons. The van der Waals surface area contributed by atoms with Crippen LogP contribution in [0.1, 0.15) is 54.4 Å². The molecule has 0 bridgehead atoms. The molecule has 7 amide bonds. The lowest BCUT2D eigenvalue weighted by molar-refractivity contribution is -0.174. The molecular weight excluding hydrogens is 894 g/mol. The fourth-order valence-corrected chi connectivity index (χ4v) is 6.16. The Labute approximate surface area is 389 Å². The normalized spacial score (nSPS) is 12.5. The predicted molar refractivity (Wildman–Crippen MR) is 241 cm³/mol. The number of halogens is 3. The van der Waals surface area contributed by atoms with Gasteiger partial charge in [0.2, 0.25) is 23.7 Å². The zero-order valence-electron chi connectivity index (χ0n) is 36.8. The zero-order chi connectivity index (χ0) is 49.2. The van der Waals surface area contributed by atoms with Gasteiger partial charge in [-0.2, -0.15) is 13.2 Å². The van der Waals surface area contributed by atoms with Crippen LogP contribution in [-0.2, 0) is 59.6 Å². The van der Waals surface area contributed by atoms with E-state index in [1.807, 2.05) is 6.07 Å². The Morgan fingerprint density at radius 1 is 0.529 bits per heavy atom. The van der Waals surface area contributed by atoms with Gasteiger partial charge < -0.3 is 46.5 Å². The van der Waals surface area contributed by atoms with Gasteiger partial charge in [0.15, 0.2) is 0 Å². The molecule has 0 heterocycles. The van der Waals surface area contributed by atoms with Gasteiger partial charge in [-0.25, -0.2) is 14.4 Å². The minimum atomic E-state index is -5.39. The van der Waals surface area contributed by atoms with Gasteiger partial charge in [-0.3, -0.25) is 24.5 Å². The second-order valence-corrected chi connectivity index (χ2v) is 15.0. The van der Waals surface area contributed by atoms with E-state index in [0.29, 0.717) is 29.5 Å². The van der Waals surface area contributed by atoms with Crippen LogP contribution in [0.3, 0.4) is 0 Å². The van der Waals surface area contributed by atoms with Crippen LogP contribution in [0.4, 0.5) is 27.6 Å². The number of alkyl halides is 3. The van der Waals surface area contributed by atoms with E-state index in [4.69, 9.17) is 19.9 Å². The first-order valence-corrected chi connectivity index (χ1v) is 21.4. The largest absolute Gasteiger partial charge is 0.471 e. The highest BCUT2D eigenvalue weighted by atomic mass is 19.4. The third-order valence-corrected chi connectivity index (χ3v) is 9.66. The van der Waals surface area contributed by atoms with E-state index < -0.39 is 78.6 Å². The van der Waals surface area contributed by atoms with Gasteiger partial charge in [0.05, 0.1) is 0 Å². The second-order valence-electron chi connectivity index (χ2n) is 15.0. The molecule has 0 saturated heterocycles. The monoisotopic (exact) mass is 946 g/mol. The summed E-state index contributed by atoms with van der Waals surface area (Å²) in [6, 6.07) is 30.0. The third-order valence-electron chi connectivity index (χ3n) is 9.66. The van der Waals surface area contributed by atoms with Gasteiger partial charge in [-0.15, -0.1) is 4.99 Å². The summed E-state index contributed by atoms with van der Waals surface area (Å²) < 4.78 is 56.2. The molecule has 0 spiro atoms. The first kappa shape index (κ1) is 52.7. The van der Waals surface area contributed by atoms with Crippen molar-refractivity contribution in [1.29, 1.82) is 0 Å². The van der Waals surface area contributed by atoms with Gasteiger partial charge in [0.1, 0.15) is 37.9 Å². The topological polar surface area (TPSA) is 258 Å². The molecule has 8 N–H and O–H groups in total. The zero-order valence-corrected chi connectivity index (χ0v) is 36.8. The maximum absolute atomic E-state index is 13.8. The summed E-state index contributed by atoms with van der Waals surface area (Å²) in [7, 11) is 0. The summed E-state index contributed by atoms with van der Waals surface area (Å²) in [6.45, 7) is -0.311. The number of carbonyl (C=O) groups is 7. The smallest absolute Gasteiger partial charge is 0.445 e. The van der Waals surface area contributed by atoms with Crippen LogP contribution in [0.5, 0.6) is 0 Å². The Kier molecular flexibility index (Phi) is 21.8. The quantitative estimate of drug-likeness (QED) is 0.0230. The number of nitrogens with one attached hydrogen (secondary N) is 6. The number of unbranched alkanes of at least 4 members (excludes halogenated alkanes) is 1. The number of aliphatic imine (C=N–C) groups is 1. The molecule has 0 aliphatic carbocycles. The Morgan fingerprint density at radius 3 is 1.51 bits per heavy atom. The molecule has 4 aromatic rings. The number of hydrogen-bond acceptors (Lipinski definition) is 10. The Hall–Kier alpha value is -7.97. The standard InChI is InChI=1S/C47H53F3N8O10/c48-47(49,50)42(62)56-37(25-15-27-52-43(57-45(64)67-30-34-20-9-3-10-21-34)58-46(65)68-31-35-22-11-4-12-23-35)40(60)55-38(28-32-16-5-1-6-17-32)41(61)54-36(39(51)59)24-13-14-26-53-44(63)66-29-33-18-7-2-8-19-33/h1-12,16-23,36-38H,13-15,24-31H2,(H2,51,59)(H,53,63)(H,54,61)(H,55,60)(H,56,62)(H2,52,57,58,64,65)/t36-,37+,38-/m0/s1. The number of ether oxygens (including phenoxy) is 3. The van der Waals surface area contributed by atoms with E-state index in [1.165, 1.54) is 0 Å². The Bertz CT molecular complexity index is 2280. The maximum atomic E-state index is 13.8. The number of carbonyl (C=O) groups excluding carboxylic acids is 7. The summed E-state index contributed by atoms with van der Waals surface area (Å²) in [4.78, 5) is 93.3. The third kappa shape index (κ3) is 20.5. The fraction of sp³-hybridized carbons (Fsp3) is 0.319. The average molecular weight is 947 g/mol. The van der Waals surface area contributed by atoms with Gasteiger partial charge in [-0.05, 0) is 54.4 Å². The van der Waals surface area contributed by atoms with Crippen molar-refractivity contribution in [3.8, 4) is 0 Å². The number of benzene rings is 4. The van der Waals surface area contributed by atoms with Gasteiger partial charge in [0.25, 0.3) is 0 Å². The molecule has 4 rings (SSSR count).